The number of fused-ring (bicyclic) bond motifs is 2. The van der Waals surface area contributed by atoms with E-state index in [1.807, 2.05) is 64.1 Å². The van der Waals surface area contributed by atoms with Gasteiger partial charge in [-0.3, -0.25) is 9.29 Å². The van der Waals surface area contributed by atoms with Gasteiger partial charge in [0.1, 0.15) is 29.5 Å². The lowest BCUT2D eigenvalue weighted by Gasteiger charge is -2.32. The summed E-state index contributed by atoms with van der Waals surface area (Å²) in [6, 6.07) is 19.9. The number of benzene rings is 3. The van der Waals surface area contributed by atoms with Gasteiger partial charge in [-0.2, -0.15) is 0 Å². The number of ether oxygens (including phenoxy) is 3. The van der Waals surface area contributed by atoms with Crippen LogP contribution >= 0.6 is 11.8 Å². The number of hydrogen-bond donors (Lipinski definition) is 1. The molecule has 1 N–H and O–H groups in total. The highest BCUT2D eigenvalue weighted by Crippen LogP contribution is 2.47. The van der Waals surface area contributed by atoms with Crippen LogP contribution in [0.15, 0.2) is 65.6 Å². The SMILES string of the molecule is CCCC(CC)Oc1ccc(C2=C(c3ccc4c(c3)N(C(=O)OC(C)(C)C)CCO4)CSc3cc(O)ccc32)cc1.CCCCF. The van der Waals surface area contributed by atoms with Gasteiger partial charge in [0.15, 0.2) is 0 Å². The predicted octanol–water partition coefficient (Wildman–Crippen LogP) is 10.3. The van der Waals surface area contributed by atoms with Gasteiger partial charge in [0.05, 0.1) is 25.0 Å². The Kier molecular flexibility index (Phi) is 12.4. The molecule has 3 aromatic carbocycles. The van der Waals surface area contributed by atoms with E-state index < -0.39 is 5.60 Å². The average molecular weight is 650 g/mol. The molecule has 0 fully saturated rings. The second-order valence-corrected chi connectivity index (χ2v) is 13.5. The van der Waals surface area contributed by atoms with E-state index in [2.05, 4.69) is 32.0 Å². The maximum Gasteiger partial charge on any atom is 0.415 e. The molecule has 1 unspecified atom stereocenters. The van der Waals surface area contributed by atoms with Gasteiger partial charge in [-0.15, -0.1) is 11.8 Å². The van der Waals surface area contributed by atoms with Crippen LogP contribution in [0.4, 0.5) is 14.9 Å². The lowest BCUT2D eigenvalue weighted by molar-refractivity contribution is 0.0567. The average Bonchev–Trinajstić information content (AvgIpc) is 3.03. The highest BCUT2D eigenvalue weighted by molar-refractivity contribution is 7.99. The summed E-state index contributed by atoms with van der Waals surface area (Å²) in [4.78, 5) is 15.8. The first-order valence-corrected chi connectivity index (χ1v) is 17.4. The number of aromatic hydroxyl groups is 1. The van der Waals surface area contributed by atoms with Gasteiger partial charge < -0.3 is 19.3 Å². The van der Waals surface area contributed by atoms with Crippen molar-refractivity contribution in [2.45, 2.75) is 90.2 Å². The van der Waals surface area contributed by atoms with Crippen molar-refractivity contribution in [2.24, 2.45) is 0 Å². The van der Waals surface area contributed by atoms with Gasteiger partial charge in [-0.05, 0) is 110 Å². The van der Waals surface area contributed by atoms with E-state index in [4.69, 9.17) is 14.2 Å². The minimum absolute atomic E-state index is 0.156. The molecule has 0 saturated heterocycles. The van der Waals surface area contributed by atoms with Crippen LogP contribution in [0.2, 0.25) is 0 Å². The number of thioether (sulfide) groups is 1. The van der Waals surface area contributed by atoms with Crippen molar-refractivity contribution in [3.63, 3.8) is 0 Å². The lowest BCUT2D eigenvalue weighted by atomic mass is 9.89. The highest BCUT2D eigenvalue weighted by atomic mass is 32.2. The summed E-state index contributed by atoms with van der Waals surface area (Å²) in [6.07, 6.45) is 4.62. The summed E-state index contributed by atoms with van der Waals surface area (Å²) in [5.41, 5.74) is 5.52. The molecule has 0 spiro atoms. The van der Waals surface area contributed by atoms with Crippen molar-refractivity contribution in [1.82, 2.24) is 0 Å². The van der Waals surface area contributed by atoms with Crippen molar-refractivity contribution in [1.29, 1.82) is 0 Å². The summed E-state index contributed by atoms with van der Waals surface area (Å²) >= 11 is 1.70. The van der Waals surface area contributed by atoms with E-state index in [-0.39, 0.29) is 24.6 Å². The number of nitrogens with zero attached hydrogens (tertiary/aromatic N) is 1. The Balaban J connectivity index is 0.000000892. The number of phenols is 1. The molecule has 46 heavy (non-hydrogen) atoms. The van der Waals surface area contributed by atoms with Crippen LogP contribution in [-0.2, 0) is 4.74 Å². The highest BCUT2D eigenvalue weighted by Gasteiger charge is 2.30. The number of anilines is 1. The predicted molar refractivity (Wildman–Crippen MR) is 187 cm³/mol. The van der Waals surface area contributed by atoms with Crippen molar-refractivity contribution in [2.75, 3.05) is 30.5 Å². The zero-order chi connectivity index (χ0) is 33.3. The molecular formula is C38H48FNO5S. The molecule has 0 aliphatic carbocycles. The first-order chi connectivity index (χ1) is 22.1. The number of hydrogen-bond acceptors (Lipinski definition) is 6. The number of alkyl halides is 1. The molecule has 2 aliphatic heterocycles. The summed E-state index contributed by atoms with van der Waals surface area (Å²) in [7, 11) is 0. The van der Waals surface area contributed by atoms with Crippen LogP contribution < -0.4 is 14.4 Å². The maximum absolute atomic E-state index is 13.1. The van der Waals surface area contributed by atoms with Crippen LogP contribution in [0.5, 0.6) is 17.2 Å². The Morgan fingerprint density at radius 3 is 2.39 bits per heavy atom. The van der Waals surface area contributed by atoms with Crippen molar-refractivity contribution < 1.29 is 28.5 Å². The van der Waals surface area contributed by atoms with Crippen LogP contribution in [0, 0.1) is 0 Å². The normalized spacial score (nSPS) is 14.7. The Hall–Kier alpha value is -3.65. The van der Waals surface area contributed by atoms with Crippen molar-refractivity contribution >= 4 is 34.7 Å². The molecule has 248 valence electrons. The Bertz CT molecular complexity index is 1500. The first kappa shape index (κ1) is 35.2. The molecule has 6 nitrogen and oxygen atoms in total. The van der Waals surface area contributed by atoms with E-state index in [0.29, 0.717) is 30.3 Å². The topological polar surface area (TPSA) is 68.2 Å². The zero-order valence-corrected chi connectivity index (χ0v) is 28.8. The fourth-order valence-electron chi connectivity index (χ4n) is 5.39. The number of rotatable bonds is 9. The fraction of sp³-hybridized carbons (Fsp3) is 0.447. The monoisotopic (exact) mass is 649 g/mol. The second kappa shape index (κ2) is 16.3. The molecule has 0 bridgehead atoms. The van der Waals surface area contributed by atoms with Crippen LogP contribution in [-0.4, -0.2) is 48.5 Å². The summed E-state index contributed by atoms with van der Waals surface area (Å²) in [5, 5.41) is 10.2. The molecule has 2 heterocycles. The number of carbonyl (C=O) groups excluding carboxylic acids is 1. The Morgan fingerprint density at radius 1 is 1.02 bits per heavy atom. The van der Waals surface area contributed by atoms with E-state index in [1.54, 1.807) is 22.7 Å². The number of unbranched alkanes of at least 4 members (excludes halogenated alkanes) is 1. The van der Waals surface area contributed by atoms with Gasteiger partial charge in [0.2, 0.25) is 0 Å². The molecule has 3 aromatic rings. The first-order valence-electron chi connectivity index (χ1n) is 16.4. The number of halogens is 1. The third kappa shape index (κ3) is 8.99. The van der Waals surface area contributed by atoms with Gasteiger partial charge >= 0.3 is 6.09 Å². The fourth-order valence-corrected chi connectivity index (χ4v) is 6.53. The lowest BCUT2D eigenvalue weighted by Crippen LogP contribution is -2.41. The molecule has 0 saturated carbocycles. The minimum atomic E-state index is -0.596. The summed E-state index contributed by atoms with van der Waals surface area (Å²) in [5.74, 6) is 2.50. The molecular weight excluding hydrogens is 601 g/mol. The smallest absolute Gasteiger partial charge is 0.415 e. The standard InChI is InChI=1S/C34H39NO5S.C4H9F/c1-6-8-25(7-2)39-26-13-9-22(10-14-26)32-27-15-12-24(36)20-31(27)41-21-28(32)23-11-16-30-29(19-23)35(17-18-38-30)33(37)40-34(3,4)5;1-2-3-4-5/h9-16,19-20,25,36H,6-8,17-18,21H2,1-5H3;2-4H2,1H3. The van der Waals surface area contributed by atoms with Crippen molar-refractivity contribution in [3.05, 3.63) is 77.4 Å². The van der Waals surface area contributed by atoms with Gasteiger partial charge in [-0.25, -0.2) is 4.79 Å². The van der Waals surface area contributed by atoms with Gasteiger partial charge in [0.25, 0.3) is 0 Å². The second-order valence-electron chi connectivity index (χ2n) is 12.5. The number of phenolic OH excluding ortho intramolecular Hbond substituents is 1. The molecule has 1 amide bonds. The van der Waals surface area contributed by atoms with Crippen molar-refractivity contribution in [3.8, 4) is 17.2 Å². The van der Waals surface area contributed by atoms with E-state index in [9.17, 15) is 14.3 Å². The molecule has 0 radical (unpaired) electrons. The van der Waals surface area contributed by atoms with Gasteiger partial charge in [0, 0.05) is 10.6 Å². The zero-order valence-electron chi connectivity index (χ0n) is 28.0. The van der Waals surface area contributed by atoms with Crippen LogP contribution in [0.3, 0.4) is 0 Å². The quantitative estimate of drug-likeness (QED) is 0.249. The molecule has 5 rings (SSSR count). The maximum atomic E-state index is 13.1. The van der Waals surface area contributed by atoms with Gasteiger partial charge in [-0.1, -0.05) is 51.8 Å². The third-order valence-corrected chi connectivity index (χ3v) is 8.77. The molecule has 8 heteroatoms. The largest absolute Gasteiger partial charge is 0.508 e. The number of carbonyl (C=O) groups is 1. The molecule has 0 aromatic heterocycles. The van der Waals surface area contributed by atoms with Crippen LogP contribution in [0.1, 0.15) is 90.3 Å². The summed E-state index contributed by atoms with van der Waals surface area (Å²) in [6.45, 7) is 12.6. The molecule has 2 aliphatic rings. The third-order valence-electron chi connectivity index (χ3n) is 7.69. The minimum Gasteiger partial charge on any atom is -0.508 e. The van der Waals surface area contributed by atoms with E-state index in [1.165, 1.54) is 0 Å². The van der Waals surface area contributed by atoms with E-state index in [0.717, 1.165) is 70.6 Å². The summed E-state index contributed by atoms with van der Waals surface area (Å²) < 4.78 is 28.9. The molecule has 1 atom stereocenters. The Morgan fingerprint density at radius 2 is 1.76 bits per heavy atom. The van der Waals surface area contributed by atoms with Crippen LogP contribution in [0.25, 0.3) is 11.1 Å². The number of amides is 1. The van der Waals surface area contributed by atoms with E-state index >= 15 is 0 Å². The Labute approximate surface area is 277 Å².